The van der Waals surface area contributed by atoms with Crippen LogP contribution >= 0.6 is 0 Å². The Balaban J connectivity index is 0.995. The molecule has 0 aliphatic heterocycles. The summed E-state index contributed by atoms with van der Waals surface area (Å²) in [5, 5.41) is 9.70. The lowest BCUT2D eigenvalue weighted by atomic mass is 9.95. The van der Waals surface area contributed by atoms with Gasteiger partial charge in [0.05, 0.1) is 22.4 Å². The molecule has 0 radical (unpaired) electrons. The first kappa shape index (κ1) is 36.5. The highest BCUT2D eigenvalue weighted by molar-refractivity contribution is 6.11. The van der Waals surface area contributed by atoms with Crippen molar-refractivity contribution >= 4 is 88.2 Å². The predicted molar refractivity (Wildman–Crippen MR) is 268 cm³/mol. The second-order valence-corrected chi connectivity index (χ2v) is 16.2. The zero-order valence-electron chi connectivity index (χ0n) is 34.5. The third-order valence-electron chi connectivity index (χ3n) is 12.5. The van der Waals surface area contributed by atoms with E-state index in [0.717, 1.165) is 45.4 Å². The molecule has 12 aromatic rings. The SMILES string of the molecule is c1ccc(N(c2cccc3ccccc23)c2ccc(-c3ccc(N(c4ccc5ccccc5c4)c4ccc5c(c4)c4ccccc4n5-c4ccccc4)cc3)c3ccccc23)cc1. The van der Waals surface area contributed by atoms with Crippen molar-refractivity contribution in [3.05, 3.63) is 249 Å². The molecule has 0 spiro atoms. The molecule has 0 bridgehead atoms. The Hall–Kier alpha value is -8.40. The number of anilines is 6. The number of hydrogen-bond donors (Lipinski definition) is 0. The zero-order chi connectivity index (χ0) is 41.7. The summed E-state index contributed by atoms with van der Waals surface area (Å²) in [4.78, 5) is 4.81. The molecule has 0 atom stereocenters. The summed E-state index contributed by atoms with van der Waals surface area (Å²) in [6, 6.07) is 90.2. The summed E-state index contributed by atoms with van der Waals surface area (Å²) in [6.07, 6.45) is 0. The Morgan fingerprint density at radius 3 is 1.63 bits per heavy atom. The van der Waals surface area contributed by atoms with Gasteiger partial charge in [0.25, 0.3) is 0 Å². The molecule has 0 saturated heterocycles. The molecule has 0 aliphatic carbocycles. The first-order valence-electron chi connectivity index (χ1n) is 21.6. The highest BCUT2D eigenvalue weighted by Gasteiger charge is 2.21. The molecule has 0 saturated carbocycles. The van der Waals surface area contributed by atoms with E-state index in [1.807, 2.05) is 0 Å². The van der Waals surface area contributed by atoms with Gasteiger partial charge in [0.2, 0.25) is 0 Å². The van der Waals surface area contributed by atoms with Gasteiger partial charge in [-0.1, -0.05) is 164 Å². The van der Waals surface area contributed by atoms with Gasteiger partial charge in [0, 0.05) is 50.0 Å². The minimum absolute atomic E-state index is 1.09. The Labute approximate surface area is 366 Å². The van der Waals surface area contributed by atoms with E-state index in [1.54, 1.807) is 0 Å². The fourth-order valence-corrected chi connectivity index (χ4v) is 9.63. The molecular weight excluding hydrogens is 763 g/mol. The van der Waals surface area contributed by atoms with Crippen LogP contribution in [0, 0.1) is 0 Å². The third-order valence-corrected chi connectivity index (χ3v) is 12.5. The highest BCUT2D eigenvalue weighted by Crippen LogP contribution is 2.45. The number of benzene rings is 11. The maximum Gasteiger partial charge on any atom is 0.0542 e. The van der Waals surface area contributed by atoms with E-state index >= 15 is 0 Å². The highest BCUT2D eigenvalue weighted by atomic mass is 15.1. The van der Waals surface area contributed by atoms with Gasteiger partial charge in [-0.25, -0.2) is 0 Å². The number of hydrogen-bond acceptors (Lipinski definition) is 2. The number of aromatic nitrogens is 1. The lowest BCUT2D eigenvalue weighted by Crippen LogP contribution is -2.11. The Morgan fingerprint density at radius 1 is 0.270 bits per heavy atom. The van der Waals surface area contributed by atoms with Crippen molar-refractivity contribution in [2.75, 3.05) is 9.80 Å². The molecular formula is C60H41N3. The number of fused-ring (bicyclic) bond motifs is 6. The smallest absolute Gasteiger partial charge is 0.0542 e. The maximum absolute atomic E-state index is 2.41. The van der Waals surface area contributed by atoms with E-state index in [0.29, 0.717) is 0 Å². The monoisotopic (exact) mass is 803 g/mol. The molecule has 296 valence electrons. The van der Waals surface area contributed by atoms with Crippen LogP contribution in [0.2, 0.25) is 0 Å². The van der Waals surface area contributed by atoms with Crippen LogP contribution in [0.4, 0.5) is 34.1 Å². The topological polar surface area (TPSA) is 11.4 Å². The quantitative estimate of drug-likeness (QED) is 0.152. The molecule has 63 heavy (non-hydrogen) atoms. The van der Waals surface area contributed by atoms with Gasteiger partial charge in [0.1, 0.15) is 0 Å². The Morgan fingerprint density at radius 2 is 0.825 bits per heavy atom. The van der Waals surface area contributed by atoms with Crippen LogP contribution in [0.5, 0.6) is 0 Å². The predicted octanol–water partition coefficient (Wildman–Crippen LogP) is 16.8. The van der Waals surface area contributed by atoms with Gasteiger partial charge >= 0.3 is 0 Å². The molecule has 12 rings (SSSR count). The number of rotatable bonds is 8. The van der Waals surface area contributed by atoms with E-state index in [4.69, 9.17) is 0 Å². The minimum atomic E-state index is 1.09. The molecule has 1 heterocycles. The first-order chi connectivity index (χ1) is 31.3. The Bertz CT molecular complexity index is 3620. The van der Waals surface area contributed by atoms with E-state index < -0.39 is 0 Å². The molecule has 0 fully saturated rings. The van der Waals surface area contributed by atoms with Gasteiger partial charge in [-0.3, -0.25) is 0 Å². The summed E-state index contributed by atoms with van der Waals surface area (Å²) >= 11 is 0. The first-order valence-corrected chi connectivity index (χ1v) is 21.6. The summed E-state index contributed by atoms with van der Waals surface area (Å²) in [7, 11) is 0. The zero-order valence-corrected chi connectivity index (χ0v) is 34.5. The molecule has 0 aliphatic rings. The summed E-state index contributed by atoms with van der Waals surface area (Å²) in [5.74, 6) is 0. The van der Waals surface area contributed by atoms with Crippen LogP contribution in [-0.2, 0) is 0 Å². The molecule has 0 amide bonds. The minimum Gasteiger partial charge on any atom is -0.310 e. The van der Waals surface area contributed by atoms with Gasteiger partial charge in [-0.2, -0.15) is 0 Å². The second-order valence-electron chi connectivity index (χ2n) is 16.2. The maximum atomic E-state index is 2.41. The average Bonchev–Trinajstić information content (AvgIpc) is 3.69. The van der Waals surface area contributed by atoms with Crippen LogP contribution in [-0.4, -0.2) is 4.57 Å². The van der Waals surface area contributed by atoms with Crippen LogP contribution in [0.3, 0.4) is 0 Å². The number of nitrogens with zero attached hydrogens (tertiary/aromatic N) is 3. The van der Waals surface area contributed by atoms with Crippen LogP contribution in [0.1, 0.15) is 0 Å². The number of para-hydroxylation sites is 3. The lowest BCUT2D eigenvalue weighted by molar-refractivity contribution is 1.18. The van der Waals surface area contributed by atoms with Gasteiger partial charge in [-0.05, 0) is 118 Å². The van der Waals surface area contributed by atoms with Crippen LogP contribution in [0.25, 0.3) is 70.9 Å². The largest absolute Gasteiger partial charge is 0.310 e. The van der Waals surface area contributed by atoms with Crippen molar-refractivity contribution in [2.45, 2.75) is 0 Å². The van der Waals surface area contributed by atoms with Crippen LogP contribution in [0.15, 0.2) is 249 Å². The van der Waals surface area contributed by atoms with Crippen molar-refractivity contribution in [2.24, 2.45) is 0 Å². The van der Waals surface area contributed by atoms with Crippen molar-refractivity contribution in [3.63, 3.8) is 0 Å². The Kier molecular flexibility index (Phi) is 8.83. The van der Waals surface area contributed by atoms with E-state index in [2.05, 4.69) is 263 Å². The van der Waals surface area contributed by atoms with Crippen LogP contribution < -0.4 is 9.80 Å². The fourth-order valence-electron chi connectivity index (χ4n) is 9.63. The van der Waals surface area contributed by atoms with E-state index in [-0.39, 0.29) is 0 Å². The summed E-state index contributed by atoms with van der Waals surface area (Å²) in [5.41, 5.74) is 12.6. The third kappa shape index (κ3) is 6.29. The molecule has 1 aromatic heterocycles. The van der Waals surface area contributed by atoms with E-state index in [9.17, 15) is 0 Å². The molecule has 3 heteroatoms. The van der Waals surface area contributed by atoms with Crippen molar-refractivity contribution in [1.82, 2.24) is 4.57 Å². The van der Waals surface area contributed by atoms with E-state index in [1.165, 1.54) is 59.7 Å². The van der Waals surface area contributed by atoms with Gasteiger partial charge in [-0.15, -0.1) is 0 Å². The summed E-state index contributed by atoms with van der Waals surface area (Å²) < 4.78 is 2.38. The van der Waals surface area contributed by atoms with Gasteiger partial charge < -0.3 is 14.4 Å². The molecule has 3 nitrogen and oxygen atoms in total. The molecule has 0 N–H and O–H groups in total. The van der Waals surface area contributed by atoms with Crippen molar-refractivity contribution in [3.8, 4) is 16.8 Å². The van der Waals surface area contributed by atoms with Crippen molar-refractivity contribution in [1.29, 1.82) is 0 Å². The summed E-state index contributed by atoms with van der Waals surface area (Å²) in [6.45, 7) is 0. The molecule has 11 aromatic carbocycles. The second kappa shape index (κ2) is 15.3. The standard InChI is InChI=1S/C60H41N3/c1-3-20-46(21-4-1)62(57-29-15-19-43-17-9-10-24-52(43)57)59-39-37-51(53-25-11-12-26-54(53)59)44-31-33-48(34-32-44)61(49-35-30-42-16-7-8-18-45(42)40-49)50-36-38-60-56(41-50)55-27-13-14-28-58(55)63(60)47-22-5-2-6-23-47/h1-41H. The molecule has 0 unspecified atom stereocenters. The lowest BCUT2D eigenvalue weighted by Gasteiger charge is -2.29. The average molecular weight is 804 g/mol. The van der Waals surface area contributed by atoms with Gasteiger partial charge in [0.15, 0.2) is 0 Å². The normalized spacial score (nSPS) is 11.5. The fraction of sp³-hybridized carbons (Fsp3) is 0. The van der Waals surface area contributed by atoms with Crippen molar-refractivity contribution < 1.29 is 0 Å².